The number of nitrogens with zero attached hydrogens (tertiary/aromatic N) is 3. The quantitative estimate of drug-likeness (QED) is 0.584. The number of nitrogens with one attached hydrogen (secondary N) is 1. The molecule has 1 atom stereocenters. The Morgan fingerprint density at radius 3 is 2.68 bits per heavy atom. The van der Waals surface area contributed by atoms with E-state index < -0.39 is 0 Å². The normalized spacial score (nSPS) is 11.8. The lowest BCUT2D eigenvalue weighted by Gasteiger charge is -2.12. The number of amides is 1. The third-order valence-corrected chi connectivity index (χ3v) is 5.26. The van der Waals surface area contributed by atoms with Crippen LogP contribution in [0.4, 0.5) is 0 Å². The lowest BCUT2D eigenvalue weighted by atomic mass is 10.2. The third kappa shape index (κ3) is 4.72. The zero-order valence-corrected chi connectivity index (χ0v) is 17.1. The molecule has 0 aliphatic carbocycles. The Kier molecular flexibility index (Phi) is 6.71. The first-order chi connectivity index (χ1) is 13.6. The van der Waals surface area contributed by atoms with Gasteiger partial charge in [-0.15, -0.1) is 10.2 Å². The lowest BCUT2D eigenvalue weighted by molar-refractivity contribution is -0.119. The van der Waals surface area contributed by atoms with Gasteiger partial charge in [0.25, 0.3) is 0 Å². The summed E-state index contributed by atoms with van der Waals surface area (Å²) in [5, 5.41) is 12.4. The Labute approximate surface area is 169 Å². The van der Waals surface area contributed by atoms with Gasteiger partial charge in [0.15, 0.2) is 11.0 Å². The molecule has 2 aromatic carbocycles. The van der Waals surface area contributed by atoms with Crippen LogP contribution in [-0.2, 0) is 4.79 Å². The molecule has 0 fully saturated rings. The predicted octanol–water partition coefficient (Wildman–Crippen LogP) is 3.95. The van der Waals surface area contributed by atoms with Crippen LogP contribution in [0.5, 0.6) is 5.75 Å². The van der Waals surface area contributed by atoms with E-state index in [-0.39, 0.29) is 17.7 Å². The zero-order valence-electron chi connectivity index (χ0n) is 16.3. The molecule has 0 radical (unpaired) electrons. The Morgan fingerprint density at radius 2 is 1.96 bits per heavy atom. The molecule has 28 heavy (non-hydrogen) atoms. The highest BCUT2D eigenvalue weighted by atomic mass is 32.2. The number of ether oxygens (including phenoxy) is 1. The van der Waals surface area contributed by atoms with Crippen LogP contribution >= 0.6 is 11.8 Å². The minimum Gasteiger partial charge on any atom is -0.497 e. The van der Waals surface area contributed by atoms with Crippen LogP contribution in [0.25, 0.3) is 17.1 Å². The van der Waals surface area contributed by atoms with Crippen LogP contribution in [0.3, 0.4) is 0 Å². The van der Waals surface area contributed by atoms with Crippen molar-refractivity contribution in [1.82, 2.24) is 20.1 Å². The number of hydrogen-bond donors (Lipinski definition) is 1. The van der Waals surface area contributed by atoms with Gasteiger partial charge in [0, 0.05) is 17.3 Å². The monoisotopic (exact) mass is 396 g/mol. The van der Waals surface area contributed by atoms with E-state index in [4.69, 9.17) is 4.74 Å². The molecule has 1 unspecified atom stereocenters. The summed E-state index contributed by atoms with van der Waals surface area (Å²) in [6, 6.07) is 17.8. The van der Waals surface area contributed by atoms with Gasteiger partial charge < -0.3 is 10.1 Å². The second-order valence-corrected chi connectivity index (χ2v) is 7.32. The minimum absolute atomic E-state index is 0.00936. The first kappa shape index (κ1) is 19.9. The summed E-state index contributed by atoms with van der Waals surface area (Å²) in [4.78, 5) is 12.2. The minimum atomic E-state index is -0.00936. The smallest absolute Gasteiger partial charge is 0.230 e. The van der Waals surface area contributed by atoms with Crippen molar-refractivity contribution in [2.24, 2.45) is 0 Å². The lowest BCUT2D eigenvalue weighted by Crippen LogP contribution is -2.33. The fraction of sp³-hybridized carbons (Fsp3) is 0.286. The molecule has 1 heterocycles. The van der Waals surface area contributed by atoms with Crippen molar-refractivity contribution in [1.29, 1.82) is 0 Å². The Bertz CT molecular complexity index is 927. The molecule has 6 nitrogen and oxygen atoms in total. The molecule has 3 aromatic rings. The second-order valence-electron chi connectivity index (χ2n) is 6.37. The van der Waals surface area contributed by atoms with Crippen molar-refractivity contribution < 1.29 is 9.53 Å². The number of thioether (sulfide) groups is 1. The molecular weight excluding hydrogens is 372 g/mol. The van der Waals surface area contributed by atoms with Gasteiger partial charge in [-0.2, -0.15) is 0 Å². The van der Waals surface area contributed by atoms with Gasteiger partial charge in [-0.3, -0.25) is 9.36 Å². The van der Waals surface area contributed by atoms with E-state index in [1.165, 1.54) is 11.8 Å². The first-order valence-corrected chi connectivity index (χ1v) is 10.2. The number of carbonyl (C=O) groups is 1. The summed E-state index contributed by atoms with van der Waals surface area (Å²) in [6.07, 6.45) is 0.899. The summed E-state index contributed by atoms with van der Waals surface area (Å²) in [5.74, 6) is 1.73. The van der Waals surface area contributed by atoms with E-state index in [1.807, 2.05) is 73.0 Å². The molecule has 3 rings (SSSR count). The number of hydrogen-bond acceptors (Lipinski definition) is 5. The standard InChI is InChI=1S/C21H24N4O2S/c1-4-15(2)22-19(26)14-28-21-24-23-20(16-9-8-12-18(13-16)27-3)25(21)17-10-6-5-7-11-17/h5-13,15H,4,14H2,1-3H3,(H,22,26). The molecule has 0 saturated heterocycles. The van der Waals surface area contributed by atoms with Gasteiger partial charge in [0.05, 0.1) is 12.9 Å². The van der Waals surface area contributed by atoms with E-state index in [2.05, 4.69) is 15.5 Å². The molecule has 7 heteroatoms. The number of rotatable bonds is 8. The number of carbonyl (C=O) groups excluding carboxylic acids is 1. The van der Waals surface area contributed by atoms with Gasteiger partial charge in [-0.05, 0) is 37.6 Å². The van der Waals surface area contributed by atoms with Crippen molar-refractivity contribution in [2.45, 2.75) is 31.5 Å². The van der Waals surface area contributed by atoms with Crippen LogP contribution in [0.2, 0.25) is 0 Å². The van der Waals surface area contributed by atoms with E-state index in [0.717, 1.165) is 23.4 Å². The maximum absolute atomic E-state index is 12.2. The summed E-state index contributed by atoms with van der Waals surface area (Å²) in [5.41, 5.74) is 1.83. The van der Waals surface area contributed by atoms with Crippen molar-refractivity contribution in [3.63, 3.8) is 0 Å². The topological polar surface area (TPSA) is 69.0 Å². The highest BCUT2D eigenvalue weighted by molar-refractivity contribution is 7.99. The SMILES string of the molecule is CCC(C)NC(=O)CSc1nnc(-c2cccc(OC)c2)n1-c1ccccc1. The number of methoxy groups -OCH3 is 1. The van der Waals surface area contributed by atoms with Gasteiger partial charge in [-0.25, -0.2) is 0 Å². The Balaban J connectivity index is 1.93. The van der Waals surface area contributed by atoms with Crippen LogP contribution in [-0.4, -0.2) is 39.6 Å². The number of aromatic nitrogens is 3. The molecule has 146 valence electrons. The number of benzene rings is 2. The average Bonchev–Trinajstić information content (AvgIpc) is 3.16. The molecular formula is C21H24N4O2S. The van der Waals surface area contributed by atoms with E-state index in [9.17, 15) is 4.79 Å². The Morgan fingerprint density at radius 1 is 1.18 bits per heavy atom. The van der Waals surface area contributed by atoms with Crippen LogP contribution in [0.15, 0.2) is 59.8 Å². The largest absolute Gasteiger partial charge is 0.497 e. The molecule has 0 spiro atoms. The van der Waals surface area contributed by atoms with E-state index in [1.54, 1.807) is 7.11 Å². The van der Waals surface area contributed by atoms with Crippen LogP contribution in [0.1, 0.15) is 20.3 Å². The highest BCUT2D eigenvalue weighted by Gasteiger charge is 2.18. The molecule has 1 N–H and O–H groups in total. The molecule has 1 aromatic heterocycles. The van der Waals surface area contributed by atoms with Crippen molar-refractivity contribution in [3.05, 3.63) is 54.6 Å². The van der Waals surface area contributed by atoms with Crippen LogP contribution in [0, 0.1) is 0 Å². The average molecular weight is 397 g/mol. The fourth-order valence-electron chi connectivity index (χ4n) is 2.67. The first-order valence-electron chi connectivity index (χ1n) is 9.19. The number of para-hydroxylation sites is 1. The highest BCUT2D eigenvalue weighted by Crippen LogP contribution is 2.29. The maximum atomic E-state index is 12.2. The molecule has 0 saturated carbocycles. The van der Waals surface area contributed by atoms with Crippen molar-refractivity contribution in [2.75, 3.05) is 12.9 Å². The van der Waals surface area contributed by atoms with Crippen molar-refractivity contribution in [3.8, 4) is 22.8 Å². The van der Waals surface area contributed by atoms with E-state index >= 15 is 0 Å². The summed E-state index contributed by atoms with van der Waals surface area (Å²) in [7, 11) is 1.64. The second kappa shape index (κ2) is 9.41. The molecule has 0 bridgehead atoms. The van der Waals surface area contributed by atoms with Gasteiger partial charge in [-0.1, -0.05) is 49.0 Å². The summed E-state index contributed by atoms with van der Waals surface area (Å²) < 4.78 is 7.31. The van der Waals surface area contributed by atoms with Gasteiger partial charge in [0.1, 0.15) is 5.75 Å². The molecule has 0 aliphatic heterocycles. The van der Waals surface area contributed by atoms with Crippen LogP contribution < -0.4 is 10.1 Å². The fourth-order valence-corrected chi connectivity index (χ4v) is 3.43. The van der Waals surface area contributed by atoms with Crippen molar-refractivity contribution >= 4 is 17.7 Å². The summed E-state index contributed by atoms with van der Waals surface area (Å²) in [6.45, 7) is 4.04. The predicted molar refractivity (Wildman–Crippen MR) is 112 cm³/mol. The van der Waals surface area contributed by atoms with Gasteiger partial charge in [0.2, 0.25) is 5.91 Å². The van der Waals surface area contributed by atoms with E-state index in [0.29, 0.717) is 11.0 Å². The zero-order chi connectivity index (χ0) is 19.9. The maximum Gasteiger partial charge on any atom is 0.230 e. The summed E-state index contributed by atoms with van der Waals surface area (Å²) >= 11 is 1.37. The molecule has 1 amide bonds. The Hall–Kier alpha value is -2.80. The van der Waals surface area contributed by atoms with Gasteiger partial charge >= 0.3 is 0 Å². The molecule has 0 aliphatic rings. The third-order valence-electron chi connectivity index (χ3n) is 4.33.